The molecule has 0 unspecified atom stereocenters. The average Bonchev–Trinajstić information content (AvgIpc) is 0. The maximum absolute atomic E-state index is 0. The van der Waals surface area contributed by atoms with Crippen molar-refractivity contribution in [1.29, 1.82) is 0 Å². The summed E-state index contributed by atoms with van der Waals surface area (Å²) >= 11 is 0. The summed E-state index contributed by atoms with van der Waals surface area (Å²) < 4.78 is 0. The van der Waals surface area contributed by atoms with E-state index in [1.165, 1.54) is 0 Å². The molecule has 0 aliphatic rings. The third kappa shape index (κ3) is 380. The molecule has 0 saturated heterocycles. The molecule has 0 rings (SSSR count). The fraction of sp³-hybridized carbons (Fsp3) is 0. The fourth-order valence-corrected chi connectivity index (χ4v) is 0. The van der Waals surface area contributed by atoms with E-state index < -0.39 is 0 Å². The third-order valence-electron chi connectivity index (χ3n) is 0. The molecule has 13 nitrogen and oxygen atoms in total. The van der Waals surface area contributed by atoms with Crippen LogP contribution >= 0.6 is 0 Å². The van der Waals surface area contributed by atoms with Gasteiger partial charge in [0, 0.05) is 0 Å². The van der Waals surface area contributed by atoms with Crippen LogP contribution in [0.4, 0.5) is 0 Å². The Morgan fingerprint density at radius 2 is 0.294 bits per heavy atom. The van der Waals surface area contributed by atoms with Gasteiger partial charge >= 0.3 is 141 Å². The first-order chi connectivity index (χ1) is 0. The summed E-state index contributed by atoms with van der Waals surface area (Å²) in [5, 5.41) is 0. The Morgan fingerprint density at radius 3 is 0.294 bits per heavy atom. The largest absolute Gasteiger partial charge is 4.00 e. The summed E-state index contributed by atoms with van der Waals surface area (Å²) in [6.07, 6.45) is 0. The van der Waals surface area contributed by atoms with E-state index in [1.54, 1.807) is 0 Å². The summed E-state index contributed by atoms with van der Waals surface area (Å²) in [7, 11) is 0. The molecule has 0 spiro atoms. The number of hydrogen-bond donors (Lipinski definition) is 0. The molecule has 2 radical (unpaired) electrons. The molecule has 17 heavy (non-hydrogen) atoms. The Kier molecular flexibility index (Phi) is 12200. The monoisotopic (exact) mass is 682 g/mol. The van der Waals surface area contributed by atoms with Gasteiger partial charge in [0.05, 0.1) is 0 Å². The van der Waals surface area contributed by atoms with Crippen LogP contribution in [0.1, 0.15) is 0 Å². The molecule has 0 saturated carbocycles. The number of rotatable bonds is 0. The van der Waals surface area contributed by atoms with Crippen molar-refractivity contribution in [3.05, 3.63) is 0 Å². The van der Waals surface area contributed by atoms with Crippen molar-refractivity contribution in [3.63, 3.8) is 0 Å². The maximum atomic E-state index is 0. The van der Waals surface area contributed by atoms with E-state index in [0.717, 1.165) is 0 Å². The second kappa shape index (κ2) is 423. The molecule has 13 N–H and O–H groups in total. The van der Waals surface area contributed by atoms with Crippen LogP contribution < -0.4 is 0 Å². The molecule has 0 bridgehead atoms. The summed E-state index contributed by atoms with van der Waals surface area (Å²) in [5.74, 6) is 0. The zero-order valence-electron chi connectivity index (χ0n) is 7.89. The topological polar surface area (TPSA) is 390 Å². The van der Waals surface area contributed by atoms with Gasteiger partial charge < -0.3 is 71.2 Å². The molecule has 0 aliphatic heterocycles. The van der Waals surface area contributed by atoms with Crippen LogP contribution in [0.25, 0.3) is 0 Å². The van der Waals surface area contributed by atoms with Crippen LogP contribution in [0.3, 0.4) is 0 Å². The van der Waals surface area contributed by atoms with Crippen molar-refractivity contribution in [2.75, 3.05) is 0 Å². The fourth-order valence-electron chi connectivity index (χ4n) is 0. The normalized spacial score (nSPS) is 0. The van der Waals surface area contributed by atoms with E-state index in [0.29, 0.717) is 0 Å². The smallest absolute Gasteiger partial charge is 0.870 e. The zero-order valence-corrected chi connectivity index (χ0v) is 19.5. The van der Waals surface area contributed by atoms with E-state index in [-0.39, 0.29) is 213 Å². The van der Waals surface area contributed by atoms with E-state index in [4.69, 9.17) is 0 Å². The minimum Gasteiger partial charge on any atom is -0.870 e. The second-order valence-electron chi connectivity index (χ2n) is 0. The van der Waals surface area contributed by atoms with Gasteiger partial charge in [0.25, 0.3) is 0 Å². The first kappa shape index (κ1) is 491. The standard InChI is InChI=1S/Ce.Nd.13H2O.Y.Zr/h;;13*1H2;;/q2*+3;;;;;;;;;;;;;;+3;+4/p-13. The molecule has 0 amide bonds. The summed E-state index contributed by atoms with van der Waals surface area (Å²) in [6.45, 7) is 0. The summed E-state index contributed by atoms with van der Waals surface area (Å²) in [4.78, 5) is 0. The molecule has 0 atom stereocenters. The van der Waals surface area contributed by atoms with Crippen molar-refractivity contribution < 1.29 is 213 Å². The quantitative estimate of drug-likeness (QED) is 0.259. The molecule has 0 aromatic rings. The predicted molar refractivity (Wildman–Crippen MR) is 25.2 cm³/mol. The van der Waals surface area contributed by atoms with Crippen LogP contribution in [0.15, 0.2) is 0 Å². The minimum atomic E-state index is 0. The first-order valence-corrected chi connectivity index (χ1v) is 0. The van der Waals surface area contributed by atoms with Crippen molar-refractivity contribution in [1.82, 2.24) is 0 Å². The molecule has 106 valence electrons. The van der Waals surface area contributed by atoms with E-state index >= 15 is 0 Å². The first-order valence-electron chi connectivity index (χ1n) is 0. The van der Waals surface area contributed by atoms with Crippen molar-refractivity contribution >= 4 is 0 Å². The van der Waals surface area contributed by atoms with Crippen molar-refractivity contribution in [3.8, 4) is 0 Å². The van der Waals surface area contributed by atoms with Gasteiger partial charge in [-0.15, -0.1) is 0 Å². The van der Waals surface area contributed by atoms with Gasteiger partial charge in [0.2, 0.25) is 0 Å². The van der Waals surface area contributed by atoms with E-state index in [9.17, 15) is 0 Å². The maximum Gasteiger partial charge on any atom is 4.00 e. The van der Waals surface area contributed by atoms with Gasteiger partial charge in [-0.05, 0) is 0 Å². The molecule has 0 aromatic carbocycles. The molecule has 0 aromatic heterocycles. The Balaban J connectivity index is 0. The second-order valence-corrected chi connectivity index (χ2v) is 0. The van der Waals surface area contributed by atoms with Crippen LogP contribution in [-0.4, -0.2) is 71.2 Å². The minimum absolute atomic E-state index is 0. The van der Waals surface area contributed by atoms with Crippen molar-refractivity contribution in [2.45, 2.75) is 0 Å². The van der Waals surface area contributed by atoms with E-state index in [1.807, 2.05) is 0 Å². The Morgan fingerprint density at radius 1 is 0.294 bits per heavy atom. The van der Waals surface area contributed by atoms with Gasteiger partial charge in [-0.25, -0.2) is 0 Å². The predicted octanol–water partition coefficient (Wildman–Crippen LogP) is -2.30. The SMILES string of the molecule is [Ce+3].[Nd+3].[OH-].[OH-].[OH-].[OH-].[OH-].[OH-].[OH-].[OH-].[OH-].[OH-].[OH-].[OH-].[OH-].[Y+3].[Zr+4]. The Bertz CT molecular complexity index is 21.4. The Labute approximate surface area is 208 Å². The molecule has 0 aliphatic carbocycles. The van der Waals surface area contributed by atoms with Crippen LogP contribution in [0, 0.1) is 82.6 Å². The van der Waals surface area contributed by atoms with Gasteiger partial charge in [-0.1, -0.05) is 0 Å². The summed E-state index contributed by atoms with van der Waals surface area (Å²) in [5.41, 5.74) is 0. The van der Waals surface area contributed by atoms with Gasteiger partial charge in [0.15, 0.2) is 0 Å². The Hall–Kier alpha value is 4.19. The van der Waals surface area contributed by atoms with E-state index in [2.05, 4.69) is 0 Å². The summed E-state index contributed by atoms with van der Waals surface area (Å²) in [6, 6.07) is 0. The van der Waals surface area contributed by atoms with Crippen LogP contribution in [0.5, 0.6) is 0 Å². The number of hydrogen-bond acceptors (Lipinski definition) is 13. The molecule has 17 heteroatoms. The third-order valence-corrected chi connectivity index (χ3v) is 0. The molecule has 0 heterocycles. The molecular formula is H13CeNdO13YZr. The molecule has 0 fully saturated rings. The van der Waals surface area contributed by atoms with Crippen LogP contribution in [-0.2, 0) is 58.9 Å². The van der Waals surface area contributed by atoms with Gasteiger partial charge in [-0.2, -0.15) is 0 Å². The zero-order chi connectivity index (χ0) is 0. The van der Waals surface area contributed by atoms with Crippen molar-refractivity contribution in [2.24, 2.45) is 0 Å². The van der Waals surface area contributed by atoms with Gasteiger partial charge in [0.1, 0.15) is 0 Å². The van der Waals surface area contributed by atoms with Gasteiger partial charge in [-0.3, -0.25) is 0 Å². The molecular weight excluding hydrogens is 672 g/mol. The van der Waals surface area contributed by atoms with Crippen LogP contribution in [0.2, 0.25) is 0 Å². The average molecular weight is 686 g/mol.